The fourth-order valence-corrected chi connectivity index (χ4v) is 2.12. The molecule has 0 radical (unpaired) electrons. The van der Waals surface area contributed by atoms with Crippen LogP contribution in [0.2, 0.25) is 0 Å². The minimum absolute atomic E-state index is 0.183. The van der Waals surface area contributed by atoms with Crippen LogP contribution in [-0.4, -0.2) is 29.7 Å². The largest absolute Gasteiger partial charge is 0.506 e. The van der Waals surface area contributed by atoms with Gasteiger partial charge in [0.1, 0.15) is 5.75 Å². The fourth-order valence-electron chi connectivity index (χ4n) is 1.53. The molecule has 0 amide bonds. The van der Waals surface area contributed by atoms with Crippen molar-refractivity contribution in [3.05, 3.63) is 23.8 Å². The first-order valence-corrected chi connectivity index (χ1v) is 7.05. The maximum atomic E-state index is 10.5. The molecule has 0 spiro atoms. The molecule has 0 fully saturated rings. The number of hydrogen-bond donors (Lipinski definition) is 1. The molecule has 6 heteroatoms. The van der Waals surface area contributed by atoms with Crippen LogP contribution in [0.5, 0.6) is 5.75 Å². The standard InChI is InChI=1S/C11H14NO3S2/c1-9-2-3-11(13)10(8-9)12(4-6-16-14)5-7-17-15/h2-3,8H,4-7H2,1H3/q+1/p+1. The molecule has 0 saturated carbocycles. The smallest absolute Gasteiger partial charge is 0.460 e. The Kier molecular flexibility index (Phi) is 5.93. The van der Waals surface area contributed by atoms with Crippen molar-refractivity contribution in [3.8, 4) is 5.75 Å². The van der Waals surface area contributed by atoms with E-state index < -0.39 is 0 Å². The molecule has 0 aliphatic heterocycles. The van der Waals surface area contributed by atoms with Crippen molar-refractivity contribution in [2.75, 3.05) is 29.5 Å². The van der Waals surface area contributed by atoms with E-state index in [0.29, 0.717) is 53.6 Å². The number of benzene rings is 1. The predicted octanol–water partition coefficient (Wildman–Crippen LogP) is 1.36. The highest BCUT2D eigenvalue weighted by Gasteiger charge is 2.16. The lowest BCUT2D eigenvalue weighted by Gasteiger charge is -2.21. The van der Waals surface area contributed by atoms with Crippen molar-refractivity contribution in [3.63, 3.8) is 0 Å². The molecule has 1 aromatic rings. The van der Waals surface area contributed by atoms with Gasteiger partial charge < -0.3 is 10.0 Å². The summed E-state index contributed by atoms with van der Waals surface area (Å²) in [5.41, 5.74) is 1.72. The maximum Gasteiger partial charge on any atom is 0.460 e. The quantitative estimate of drug-likeness (QED) is 0.762. The van der Waals surface area contributed by atoms with E-state index in [-0.39, 0.29) is 5.75 Å². The zero-order chi connectivity index (χ0) is 12.7. The van der Waals surface area contributed by atoms with E-state index in [0.717, 1.165) is 5.56 Å². The number of nitrogens with zero attached hydrogens (tertiary/aromatic N) is 1. The Morgan fingerprint density at radius 3 is 2.29 bits per heavy atom. The van der Waals surface area contributed by atoms with Gasteiger partial charge in [0.15, 0.2) is 0 Å². The van der Waals surface area contributed by atoms with E-state index >= 15 is 0 Å². The van der Waals surface area contributed by atoms with Gasteiger partial charge in [-0.25, -0.2) is 0 Å². The monoisotopic (exact) mass is 273 g/mol. The molecule has 0 saturated heterocycles. The summed E-state index contributed by atoms with van der Waals surface area (Å²) in [6, 6.07) is 5.31. The summed E-state index contributed by atoms with van der Waals surface area (Å²) >= 11 is 1.02. The Morgan fingerprint density at radius 2 is 1.76 bits per heavy atom. The highest BCUT2D eigenvalue weighted by molar-refractivity contribution is 7.65. The summed E-state index contributed by atoms with van der Waals surface area (Å²) in [7, 11) is 0. The molecule has 0 aliphatic carbocycles. The molecule has 0 unspecified atom stereocenters. The van der Waals surface area contributed by atoms with E-state index in [9.17, 15) is 13.5 Å². The molecule has 0 aliphatic rings. The number of phenols is 1. The van der Waals surface area contributed by atoms with Crippen LogP contribution in [0.15, 0.2) is 18.2 Å². The molecule has 1 aromatic carbocycles. The highest BCUT2D eigenvalue weighted by atomic mass is 32.1. The average molecular weight is 273 g/mol. The summed E-state index contributed by atoms with van der Waals surface area (Å²) in [6.07, 6.45) is 0. The Bertz CT molecular complexity index is 386. The highest BCUT2D eigenvalue weighted by Crippen LogP contribution is 2.27. The SMILES string of the molecule is Cc1ccc(O)c(N(CC[S+]=O)CC[S+]=O)c1. The minimum atomic E-state index is 0.183. The first kappa shape index (κ1) is 13.9. The molecule has 1 N–H and O–H groups in total. The van der Waals surface area contributed by atoms with E-state index in [4.69, 9.17) is 0 Å². The van der Waals surface area contributed by atoms with Gasteiger partial charge in [-0.2, -0.15) is 0 Å². The van der Waals surface area contributed by atoms with Crippen LogP contribution < -0.4 is 4.90 Å². The van der Waals surface area contributed by atoms with E-state index in [1.807, 2.05) is 24.0 Å². The van der Waals surface area contributed by atoms with Crippen molar-refractivity contribution < 1.29 is 13.5 Å². The lowest BCUT2D eigenvalue weighted by Crippen LogP contribution is -2.29. The summed E-state index contributed by atoms with van der Waals surface area (Å²) in [5, 5.41) is 9.79. The summed E-state index contributed by atoms with van der Waals surface area (Å²) in [5.74, 6) is 1.04. The van der Waals surface area contributed by atoms with Crippen LogP contribution in [0.3, 0.4) is 0 Å². The van der Waals surface area contributed by atoms with Crippen molar-refractivity contribution in [2.45, 2.75) is 6.92 Å². The van der Waals surface area contributed by atoms with Crippen LogP contribution in [0.25, 0.3) is 0 Å². The Balaban J connectivity index is 2.89. The van der Waals surface area contributed by atoms with Crippen LogP contribution in [-0.2, 0) is 31.8 Å². The van der Waals surface area contributed by atoms with Gasteiger partial charge >= 0.3 is 23.3 Å². The fraction of sp³-hybridized carbons (Fsp3) is 0.455. The van der Waals surface area contributed by atoms with Gasteiger partial charge in [-0.15, -0.1) is 0 Å². The molecule has 0 atom stereocenters. The second kappa shape index (κ2) is 7.24. The second-order valence-corrected chi connectivity index (χ2v) is 4.91. The Labute approximate surface area is 109 Å². The van der Waals surface area contributed by atoms with Crippen molar-refractivity contribution in [1.82, 2.24) is 0 Å². The van der Waals surface area contributed by atoms with Crippen LogP contribution >= 0.6 is 0 Å². The van der Waals surface area contributed by atoms with Gasteiger partial charge in [-0.3, -0.25) is 0 Å². The van der Waals surface area contributed by atoms with Gasteiger partial charge in [0.25, 0.3) is 0 Å². The molecule has 17 heavy (non-hydrogen) atoms. The minimum Gasteiger partial charge on any atom is -0.506 e. The van der Waals surface area contributed by atoms with E-state index in [2.05, 4.69) is 0 Å². The van der Waals surface area contributed by atoms with Gasteiger partial charge in [0.2, 0.25) is 11.5 Å². The van der Waals surface area contributed by atoms with Crippen LogP contribution in [0, 0.1) is 6.92 Å². The van der Waals surface area contributed by atoms with Gasteiger partial charge in [0.05, 0.1) is 18.8 Å². The number of rotatable bonds is 7. The molecular formula is C11H15NO3S2+2. The third-order valence-corrected chi connectivity index (χ3v) is 3.06. The van der Waals surface area contributed by atoms with Gasteiger partial charge in [-0.05, 0) is 24.6 Å². The van der Waals surface area contributed by atoms with Crippen molar-refractivity contribution >= 4 is 29.0 Å². The third-order valence-electron chi connectivity index (χ3n) is 2.36. The van der Waals surface area contributed by atoms with Crippen molar-refractivity contribution in [1.29, 1.82) is 0 Å². The summed E-state index contributed by atoms with van der Waals surface area (Å²) in [6.45, 7) is 3.00. The molecule has 0 aromatic heterocycles. The number of anilines is 1. The first-order valence-electron chi connectivity index (χ1n) is 5.23. The van der Waals surface area contributed by atoms with Crippen molar-refractivity contribution in [2.24, 2.45) is 0 Å². The zero-order valence-corrected chi connectivity index (χ0v) is 11.2. The normalized spacial score (nSPS) is 9.94. The topological polar surface area (TPSA) is 57.6 Å². The maximum absolute atomic E-state index is 10.5. The summed E-state index contributed by atoms with van der Waals surface area (Å²) in [4.78, 5) is 1.87. The average Bonchev–Trinajstić information content (AvgIpc) is 2.33. The molecule has 0 bridgehead atoms. The first-order chi connectivity index (χ1) is 8.19. The Hall–Kier alpha value is -1.14. The van der Waals surface area contributed by atoms with Gasteiger partial charge in [0, 0.05) is 8.42 Å². The van der Waals surface area contributed by atoms with E-state index in [1.54, 1.807) is 6.07 Å². The number of hydrogen-bond acceptors (Lipinski definition) is 4. The van der Waals surface area contributed by atoms with E-state index in [1.165, 1.54) is 0 Å². The van der Waals surface area contributed by atoms with Crippen LogP contribution in [0.1, 0.15) is 5.56 Å². The number of aromatic hydroxyl groups is 1. The lowest BCUT2D eigenvalue weighted by atomic mass is 10.2. The Morgan fingerprint density at radius 1 is 1.18 bits per heavy atom. The van der Waals surface area contributed by atoms with Gasteiger partial charge in [-0.1, -0.05) is 6.07 Å². The molecule has 1 rings (SSSR count). The molecule has 4 nitrogen and oxygen atoms in total. The molecular weight excluding hydrogens is 258 g/mol. The molecule has 92 valence electrons. The predicted molar refractivity (Wildman–Crippen MR) is 70.9 cm³/mol. The third kappa shape index (κ3) is 4.32. The zero-order valence-electron chi connectivity index (χ0n) is 9.59. The molecule has 0 heterocycles. The second-order valence-electron chi connectivity index (χ2n) is 3.62. The number of phenolic OH excluding ortho intramolecular Hbond substituents is 1. The van der Waals surface area contributed by atoms with Crippen LogP contribution in [0.4, 0.5) is 5.69 Å². The lowest BCUT2D eigenvalue weighted by molar-refractivity contribution is 0.474. The summed E-state index contributed by atoms with van der Waals surface area (Å²) < 4.78 is 20.9. The number of aryl methyl sites for hydroxylation is 1.